The van der Waals surface area contributed by atoms with Gasteiger partial charge in [0.1, 0.15) is 11.4 Å². The number of aromatic nitrogens is 1. The van der Waals surface area contributed by atoms with Crippen molar-refractivity contribution in [3.05, 3.63) is 52.8 Å². The van der Waals surface area contributed by atoms with Crippen LogP contribution >= 0.6 is 0 Å². The van der Waals surface area contributed by atoms with Crippen molar-refractivity contribution >= 4 is 17.7 Å². The lowest BCUT2D eigenvalue weighted by Gasteiger charge is -2.28. The fourth-order valence-corrected chi connectivity index (χ4v) is 2.89. The average Bonchev–Trinajstić information content (AvgIpc) is 2.79. The van der Waals surface area contributed by atoms with Crippen LogP contribution in [0.15, 0.2) is 30.5 Å². The molecular weight excluding hydrogens is 422 g/mol. The number of rotatable bonds is 6. The molecule has 1 amide bonds. The zero-order valence-corrected chi connectivity index (χ0v) is 20.4. The van der Waals surface area contributed by atoms with E-state index in [9.17, 15) is 14.7 Å². The molecule has 0 fully saturated rings. The number of carbonyl (C=O) groups excluding carboxylic acids is 2. The number of pyridine rings is 1. The van der Waals surface area contributed by atoms with Gasteiger partial charge in [0.25, 0.3) is 0 Å². The van der Waals surface area contributed by atoms with Crippen LogP contribution in [0.5, 0.6) is 5.75 Å². The minimum atomic E-state index is -0.719. The molecule has 2 aromatic rings. The van der Waals surface area contributed by atoms with Crippen molar-refractivity contribution in [1.82, 2.24) is 4.98 Å². The molecule has 0 aliphatic carbocycles. The number of anilines is 1. The first kappa shape index (κ1) is 27.4. The lowest BCUT2D eigenvalue weighted by atomic mass is 10.0. The second-order valence-electron chi connectivity index (χ2n) is 8.00. The highest BCUT2D eigenvalue weighted by Gasteiger charge is 2.25. The van der Waals surface area contributed by atoms with Gasteiger partial charge in [-0.1, -0.05) is 13.8 Å². The number of aryl methyl sites for hydroxylation is 1. The predicted octanol–water partition coefficient (Wildman–Crippen LogP) is 5.04. The number of amides is 1. The fourth-order valence-electron chi connectivity index (χ4n) is 2.89. The molecule has 1 aromatic heterocycles. The Hall–Kier alpha value is -3.60. The number of methoxy groups -OCH3 is 1. The quantitative estimate of drug-likeness (QED) is 0.607. The van der Waals surface area contributed by atoms with Crippen molar-refractivity contribution in [2.24, 2.45) is 0 Å². The Morgan fingerprint density at radius 3 is 2.30 bits per heavy atom. The third kappa shape index (κ3) is 8.11. The van der Waals surface area contributed by atoms with E-state index in [0.29, 0.717) is 28.1 Å². The van der Waals surface area contributed by atoms with E-state index in [1.165, 1.54) is 12.0 Å². The van der Waals surface area contributed by atoms with E-state index in [0.717, 1.165) is 0 Å². The van der Waals surface area contributed by atoms with Crippen molar-refractivity contribution in [2.45, 2.75) is 66.5 Å². The van der Waals surface area contributed by atoms with Crippen LogP contribution in [0.25, 0.3) is 0 Å². The SMILES string of the molecule is CC.COC(=O)CCc1c(CN(C(=O)OC(C)(C)C)c2ccc(C#N)cc2)cnc(C)c1O. The minimum Gasteiger partial charge on any atom is -0.506 e. The van der Waals surface area contributed by atoms with Gasteiger partial charge in [-0.05, 0) is 63.9 Å². The number of hydrogen-bond acceptors (Lipinski definition) is 7. The number of aromatic hydroxyl groups is 1. The van der Waals surface area contributed by atoms with Crippen LogP contribution in [0.2, 0.25) is 0 Å². The Morgan fingerprint density at radius 1 is 1.18 bits per heavy atom. The molecule has 0 atom stereocenters. The molecule has 1 N–H and O–H groups in total. The summed E-state index contributed by atoms with van der Waals surface area (Å²) in [4.78, 5) is 30.2. The maximum atomic E-state index is 13.0. The molecule has 0 unspecified atom stereocenters. The summed E-state index contributed by atoms with van der Waals surface area (Å²) in [6.45, 7) is 11.0. The van der Waals surface area contributed by atoms with Crippen LogP contribution in [-0.4, -0.2) is 34.9 Å². The van der Waals surface area contributed by atoms with Gasteiger partial charge in [0.15, 0.2) is 0 Å². The van der Waals surface area contributed by atoms with Gasteiger partial charge in [0.05, 0.1) is 31.0 Å². The number of nitriles is 1. The van der Waals surface area contributed by atoms with E-state index in [4.69, 9.17) is 14.7 Å². The second-order valence-corrected chi connectivity index (χ2v) is 8.00. The third-order valence-corrected chi connectivity index (χ3v) is 4.49. The lowest BCUT2D eigenvalue weighted by molar-refractivity contribution is -0.140. The minimum absolute atomic E-state index is 0.0228. The summed E-state index contributed by atoms with van der Waals surface area (Å²) in [6.07, 6.45) is 1.29. The number of benzene rings is 1. The summed E-state index contributed by atoms with van der Waals surface area (Å²) in [5.41, 5.74) is 1.77. The predicted molar refractivity (Wildman–Crippen MR) is 126 cm³/mol. The van der Waals surface area contributed by atoms with Crippen molar-refractivity contribution < 1.29 is 24.2 Å². The van der Waals surface area contributed by atoms with Crippen molar-refractivity contribution in [2.75, 3.05) is 12.0 Å². The molecule has 1 heterocycles. The monoisotopic (exact) mass is 455 g/mol. The van der Waals surface area contributed by atoms with Gasteiger partial charge < -0.3 is 14.6 Å². The third-order valence-electron chi connectivity index (χ3n) is 4.49. The van der Waals surface area contributed by atoms with E-state index >= 15 is 0 Å². The highest BCUT2D eigenvalue weighted by molar-refractivity contribution is 5.88. The normalized spacial score (nSPS) is 10.4. The molecule has 0 saturated heterocycles. The zero-order valence-electron chi connectivity index (χ0n) is 20.4. The van der Waals surface area contributed by atoms with E-state index in [2.05, 4.69) is 4.98 Å². The number of nitrogens with zero attached hydrogens (tertiary/aromatic N) is 3. The molecule has 8 nitrogen and oxygen atoms in total. The van der Waals surface area contributed by atoms with Gasteiger partial charge in [0, 0.05) is 23.9 Å². The molecule has 0 saturated carbocycles. The second kappa shape index (κ2) is 12.4. The number of ether oxygens (including phenoxy) is 2. The summed E-state index contributed by atoms with van der Waals surface area (Å²) in [7, 11) is 1.30. The zero-order chi connectivity index (χ0) is 25.2. The fraction of sp³-hybridized carbons (Fsp3) is 0.440. The number of esters is 1. The molecule has 178 valence electrons. The molecule has 8 heteroatoms. The molecular formula is C25H33N3O5. The number of carbonyl (C=O) groups is 2. The summed E-state index contributed by atoms with van der Waals surface area (Å²) >= 11 is 0. The van der Waals surface area contributed by atoms with E-state index < -0.39 is 17.7 Å². The van der Waals surface area contributed by atoms with E-state index in [1.54, 1.807) is 58.2 Å². The van der Waals surface area contributed by atoms with Crippen LogP contribution in [0.4, 0.5) is 10.5 Å². The van der Waals surface area contributed by atoms with Gasteiger partial charge in [-0.2, -0.15) is 5.26 Å². The Balaban J connectivity index is 0.00000265. The summed E-state index contributed by atoms with van der Waals surface area (Å²) in [5, 5.41) is 19.6. The summed E-state index contributed by atoms with van der Waals surface area (Å²) in [6, 6.07) is 8.56. The lowest BCUT2D eigenvalue weighted by Crippen LogP contribution is -2.36. The molecule has 33 heavy (non-hydrogen) atoms. The Morgan fingerprint density at radius 2 is 1.79 bits per heavy atom. The molecule has 0 bridgehead atoms. The molecule has 1 aromatic carbocycles. The van der Waals surface area contributed by atoms with Crippen LogP contribution in [0, 0.1) is 18.3 Å². The van der Waals surface area contributed by atoms with Gasteiger partial charge in [-0.15, -0.1) is 0 Å². The number of hydrogen-bond donors (Lipinski definition) is 1. The van der Waals surface area contributed by atoms with Crippen molar-refractivity contribution in [3.8, 4) is 11.8 Å². The first-order valence-electron chi connectivity index (χ1n) is 10.8. The largest absolute Gasteiger partial charge is 0.506 e. The van der Waals surface area contributed by atoms with Crippen LogP contribution < -0.4 is 4.90 Å². The maximum absolute atomic E-state index is 13.0. The summed E-state index contributed by atoms with van der Waals surface area (Å²) < 4.78 is 10.3. The molecule has 2 rings (SSSR count). The first-order chi connectivity index (χ1) is 15.6. The topological polar surface area (TPSA) is 113 Å². The van der Waals surface area contributed by atoms with Gasteiger partial charge in [-0.25, -0.2) is 4.79 Å². The first-order valence-corrected chi connectivity index (χ1v) is 10.8. The Bertz CT molecular complexity index is 989. The molecule has 0 aliphatic rings. The van der Waals surface area contributed by atoms with Gasteiger partial charge in [0.2, 0.25) is 0 Å². The highest BCUT2D eigenvalue weighted by Crippen LogP contribution is 2.29. The Kier molecular flexibility index (Phi) is 10.3. The van der Waals surface area contributed by atoms with Crippen molar-refractivity contribution in [3.63, 3.8) is 0 Å². The highest BCUT2D eigenvalue weighted by atomic mass is 16.6. The summed E-state index contributed by atoms with van der Waals surface area (Å²) in [5.74, 6) is -0.429. The molecule has 0 spiro atoms. The maximum Gasteiger partial charge on any atom is 0.415 e. The standard InChI is InChI=1S/C23H27N3O5.C2H6/c1-15-21(28)19(10-11-20(27)30-5)17(13-25-15)14-26(22(29)31-23(2,3)4)18-8-6-16(12-24)7-9-18;1-2/h6-9,13,28H,10-11,14H2,1-5H3;1-2H3. The van der Waals surface area contributed by atoms with Crippen LogP contribution in [0.1, 0.15) is 63.4 Å². The van der Waals surface area contributed by atoms with Gasteiger partial charge >= 0.3 is 12.1 Å². The smallest absolute Gasteiger partial charge is 0.415 e. The molecule has 0 radical (unpaired) electrons. The van der Waals surface area contributed by atoms with Crippen LogP contribution in [-0.2, 0) is 27.2 Å². The molecule has 0 aliphatic heterocycles. The Labute approximate surface area is 195 Å². The van der Waals surface area contributed by atoms with Crippen molar-refractivity contribution in [1.29, 1.82) is 5.26 Å². The van der Waals surface area contributed by atoms with E-state index in [1.807, 2.05) is 19.9 Å². The van der Waals surface area contributed by atoms with Crippen LogP contribution in [0.3, 0.4) is 0 Å². The average molecular weight is 456 g/mol. The van der Waals surface area contributed by atoms with Gasteiger partial charge in [-0.3, -0.25) is 14.7 Å². The van der Waals surface area contributed by atoms with E-state index in [-0.39, 0.29) is 25.1 Å².